The highest BCUT2D eigenvalue weighted by Gasteiger charge is 2.56. The van der Waals surface area contributed by atoms with Crippen molar-refractivity contribution in [2.45, 2.75) is 38.3 Å². The summed E-state index contributed by atoms with van der Waals surface area (Å²) in [5.74, 6) is -0.473. The number of rotatable bonds is 5. The number of carbonyl (C=O) groups excluding carboxylic acids is 3. The lowest BCUT2D eigenvalue weighted by molar-refractivity contribution is -0.135. The molecule has 1 aliphatic carbocycles. The molecule has 7 heteroatoms. The maximum Gasteiger partial charge on any atom is 0.325 e. The van der Waals surface area contributed by atoms with Gasteiger partial charge in [-0.05, 0) is 50.3 Å². The van der Waals surface area contributed by atoms with Gasteiger partial charge in [-0.25, -0.2) is 4.79 Å². The summed E-state index contributed by atoms with van der Waals surface area (Å²) in [6.07, 6.45) is 1.87. The van der Waals surface area contributed by atoms with Crippen LogP contribution in [0.3, 0.4) is 0 Å². The second-order valence-electron chi connectivity index (χ2n) is 6.64. The largest absolute Gasteiger partial charge is 0.348 e. The van der Waals surface area contributed by atoms with E-state index in [0.717, 1.165) is 27.8 Å². The van der Waals surface area contributed by atoms with Gasteiger partial charge in [0, 0.05) is 4.47 Å². The van der Waals surface area contributed by atoms with Gasteiger partial charge in [-0.15, -0.1) is 0 Å². The molecular weight excluding hydrogens is 374 g/mol. The number of carbonyl (C=O) groups is 3. The molecule has 1 saturated heterocycles. The number of urea groups is 1. The average Bonchev–Trinajstić information content (AvgIpc) is 3.34. The maximum absolute atomic E-state index is 12.5. The van der Waals surface area contributed by atoms with Gasteiger partial charge < -0.3 is 10.6 Å². The number of benzene rings is 1. The number of hydrogen-bond acceptors (Lipinski definition) is 3. The molecule has 1 aromatic carbocycles. The van der Waals surface area contributed by atoms with Gasteiger partial charge in [-0.3, -0.25) is 14.5 Å². The van der Waals surface area contributed by atoms with Crippen molar-refractivity contribution in [3.8, 4) is 0 Å². The Morgan fingerprint density at radius 2 is 2.00 bits per heavy atom. The van der Waals surface area contributed by atoms with Crippen molar-refractivity contribution >= 4 is 33.8 Å². The minimum absolute atomic E-state index is 0.184. The summed E-state index contributed by atoms with van der Waals surface area (Å²) in [7, 11) is 0. The van der Waals surface area contributed by atoms with Crippen LogP contribution in [0.25, 0.3) is 0 Å². The zero-order valence-corrected chi connectivity index (χ0v) is 15.2. The van der Waals surface area contributed by atoms with Crippen LogP contribution >= 0.6 is 15.9 Å². The van der Waals surface area contributed by atoms with Gasteiger partial charge in [0.1, 0.15) is 12.1 Å². The van der Waals surface area contributed by atoms with Crippen molar-refractivity contribution in [1.29, 1.82) is 0 Å². The van der Waals surface area contributed by atoms with Crippen LogP contribution in [0, 0.1) is 5.92 Å². The lowest BCUT2D eigenvalue weighted by Gasteiger charge is -2.21. The van der Waals surface area contributed by atoms with E-state index in [4.69, 9.17) is 0 Å². The number of imide groups is 1. The molecule has 128 valence electrons. The molecule has 4 amide bonds. The standard InChI is InChI=1S/C17H20BrN3O3/c1-10(11-3-7-13(18)8-4-11)19-14(22)9-21-15(23)17(2,12-5-6-12)20-16(21)24/h3-4,7-8,10,12H,5-6,9H2,1-2H3,(H,19,22)(H,20,24). The Hall–Kier alpha value is -1.89. The predicted octanol–water partition coefficient (Wildman–Crippen LogP) is 2.35. The van der Waals surface area contributed by atoms with Crippen molar-refractivity contribution in [2.24, 2.45) is 5.92 Å². The zero-order valence-electron chi connectivity index (χ0n) is 13.6. The van der Waals surface area contributed by atoms with E-state index in [9.17, 15) is 14.4 Å². The molecule has 0 aromatic heterocycles. The first-order chi connectivity index (χ1) is 11.3. The lowest BCUT2D eigenvalue weighted by atomic mass is 9.96. The first-order valence-electron chi connectivity index (χ1n) is 8.00. The molecule has 1 heterocycles. The van der Waals surface area contributed by atoms with Crippen LogP contribution in [0.15, 0.2) is 28.7 Å². The van der Waals surface area contributed by atoms with Crippen LogP contribution in [0.4, 0.5) is 4.79 Å². The van der Waals surface area contributed by atoms with Crippen molar-refractivity contribution in [3.63, 3.8) is 0 Å². The van der Waals surface area contributed by atoms with Crippen LogP contribution in [0.2, 0.25) is 0 Å². The molecule has 3 rings (SSSR count). The Balaban J connectivity index is 1.61. The molecule has 2 N–H and O–H groups in total. The summed E-state index contributed by atoms with van der Waals surface area (Å²) in [5.41, 5.74) is 0.0980. The van der Waals surface area contributed by atoms with Crippen LogP contribution in [-0.4, -0.2) is 34.8 Å². The summed E-state index contributed by atoms with van der Waals surface area (Å²) in [5, 5.41) is 5.57. The number of amides is 4. The van der Waals surface area contributed by atoms with Crippen LogP contribution in [-0.2, 0) is 9.59 Å². The van der Waals surface area contributed by atoms with Crippen molar-refractivity contribution in [3.05, 3.63) is 34.3 Å². The highest BCUT2D eigenvalue weighted by molar-refractivity contribution is 9.10. The Bertz CT molecular complexity index is 687. The van der Waals surface area contributed by atoms with Crippen molar-refractivity contribution in [1.82, 2.24) is 15.5 Å². The average molecular weight is 394 g/mol. The van der Waals surface area contributed by atoms with Gasteiger partial charge in [0.2, 0.25) is 5.91 Å². The fourth-order valence-electron chi connectivity index (χ4n) is 3.06. The zero-order chi connectivity index (χ0) is 17.5. The third-order valence-electron chi connectivity index (χ3n) is 4.74. The summed E-state index contributed by atoms with van der Waals surface area (Å²) < 4.78 is 0.962. The molecule has 1 saturated carbocycles. The van der Waals surface area contributed by atoms with Crippen LogP contribution < -0.4 is 10.6 Å². The first kappa shape index (κ1) is 17.0. The second-order valence-corrected chi connectivity index (χ2v) is 7.55. The summed E-state index contributed by atoms with van der Waals surface area (Å²) >= 11 is 3.37. The Morgan fingerprint density at radius 3 is 2.58 bits per heavy atom. The third kappa shape index (κ3) is 3.17. The first-order valence-corrected chi connectivity index (χ1v) is 8.79. The third-order valence-corrected chi connectivity index (χ3v) is 5.27. The molecule has 2 unspecified atom stereocenters. The van der Waals surface area contributed by atoms with Crippen molar-refractivity contribution < 1.29 is 14.4 Å². The maximum atomic E-state index is 12.5. The van der Waals surface area contributed by atoms with Gasteiger partial charge in [0.05, 0.1) is 6.04 Å². The van der Waals surface area contributed by atoms with Gasteiger partial charge in [0.25, 0.3) is 5.91 Å². The molecule has 0 bridgehead atoms. The molecule has 2 fully saturated rings. The van der Waals surface area contributed by atoms with Crippen LogP contribution in [0.5, 0.6) is 0 Å². The van der Waals surface area contributed by atoms with E-state index in [0.29, 0.717) is 0 Å². The van der Waals surface area contributed by atoms with E-state index in [2.05, 4.69) is 26.6 Å². The summed E-state index contributed by atoms with van der Waals surface area (Å²) in [4.78, 5) is 37.8. The topological polar surface area (TPSA) is 78.5 Å². The second kappa shape index (κ2) is 6.20. The summed E-state index contributed by atoms with van der Waals surface area (Å²) in [6, 6.07) is 6.93. The Kier molecular flexibility index (Phi) is 4.38. The number of nitrogens with zero attached hydrogens (tertiary/aromatic N) is 1. The van der Waals surface area contributed by atoms with Crippen LogP contribution in [0.1, 0.15) is 38.3 Å². The highest BCUT2D eigenvalue weighted by Crippen LogP contribution is 2.42. The number of halogens is 1. The SMILES string of the molecule is CC(NC(=O)CN1C(=O)NC(C)(C2CC2)C1=O)c1ccc(Br)cc1. The monoisotopic (exact) mass is 393 g/mol. The molecule has 24 heavy (non-hydrogen) atoms. The predicted molar refractivity (Wildman–Crippen MR) is 92.1 cm³/mol. The van der Waals surface area contributed by atoms with E-state index < -0.39 is 11.6 Å². The quantitative estimate of drug-likeness (QED) is 0.753. The van der Waals surface area contributed by atoms with E-state index >= 15 is 0 Å². The number of nitrogens with one attached hydrogen (secondary N) is 2. The van der Waals surface area contributed by atoms with Gasteiger partial charge >= 0.3 is 6.03 Å². The smallest absolute Gasteiger partial charge is 0.325 e. The summed E-state index contributed by atoms with van der Waals surface area (Å²) in [6.45, 7) is 3.35. The van der Waals surface area contributed by atoms with E-state index in [1.807, 2.05) is 31.2 Å². The molecule has 0 radical (unpaired) electrons. The fourth-order valence-corrected chi connectivity index (χ4v) is 3.33. The molecule has 1 aliphatic heterocycles. The van der Waals surface area contributed by atoms with E-state index in [-0.39, 0.29) is 30.3 Å². The van der Waals surface area contributed by atoms with E-state index in [1.54, 1.807) is 6.92 Å². The number of hydrogen-bond donors (Lipinski definition) is 2. The molecular formula is C17H20BrN3O3. The van der Waals surface area contributed by atoms with Crippen molar-refractivity contribution in [2.75, 3.05) is 6.54 Å². The van der Waals surface area contributed by atoms with Gasteiger partial charge in [0.15, 0.2) is 0 Å². The molecule has 2 aliphatic rings. The Morgan fingerprint density at radius 1 is 1.38 bits per heavy atom. The normalized spacial score (nSPS) is 24.7. The fraction of sp³-hybridized carbons (Fsp3) is 0.471. The minimum atomic E-state index is -0.852. The van der Waals surface area contributed by atoms with E-state index in [1.165, 1.54) is 0 Å². The minimum Gasteiger partial charge on any atom is -0.348 e. The lowest BCUT2D eigenvalue weighted by Crippen LogP contribution is -2.47. The highest BCUT2D eigenvalue weighted by atomic mass is 79.9. The molecule has 2 atom stereocenters. The molecule has 6 nitrogen and oxygen atoms in total. The van der Waals surface area contributed by atoms with Gasteiger partial charge in [-0.1, -0.05) is 28.1 Å². The molecule has 0 spiro atoms. The molecule has 1 aromatic rings. The van der Waals surface area contributed by atoms with Gasteiger partial charge in [-0.2, -0.15) is 0 Å². The Labute approximate surface area is 149 Å².